The van der Waals surface area contributed by atoms with Crippen LogP contribution in [0.25, 0.3) is 0 Å². The van der Waals surface area contributed by atoms with Crippen LogP contribution in [0.1, 0.15) is 58.3 Å². The predicted octanol–water partition coefficient (Wildman–Crippen LogP) is 4.12. The second kappa shape index (κ2) is 2.90. The Labute approximate surface area is 80.7 Å². The molecule has 70 valence electrons. The summed E-state index contributed by atoms with van der Waals surface area (Å²) >= 11 is 6.72. The maximum atomic E-state index is 6.72. The highest BCUT2D eigenvalue weighted by Crippen LogP contribution is 2.56. The molecule has 0 heterocycles. The number of rotatable bonds is 0. The SMILES string of the molecule is CC12CCCCC1(Cl)CCCC2. The number of alkyl halides is 1. The summed E-state index contributed by atoms with van der Waals surface area (Å²) in [6.07, 6.45) is 10.8. The van der Waals surface area contributed by atoms with Crippen LogP contribution in [0, 0.1) is 5.41 Å². The van der Waals surface area contributed by atoms with Gasteiger partial charge in [-0.1, -0.05) is 32.6 Å². The maximum Gasteiger partial charge on any atom is 0.0500 e. The van der Waals surface area contributed by atoms with Gasteiger partial charge in [0.1, 0.15) is 0 Å². The van der Waals surface area contributed by atoms with Crippen molar-refractivity contribution in [1.82, 2.24) is 0 Å². The fourth-order valence-corrected chi connectivity index (χ4v) is 3.60. The fourth-order valence-electron chi connectivity index (χ4n) is 3.14. The van der Waals surface area contributed by atoms with Crippen LogP contribution in [-0.2, 0) is 0 Å². The smallest absolute Gasteiger partial charge is 0.0500 e. The van der Waals surface area contributed by atoms with Gasteiger partial charge >= 0.3 is 0 Å². The molecule has 2 rings (SSSR count). The molecule has 2 fully saturated rings. The van der Waals surface area contributed by atoms with Crippen molar-refractivity contribution in [3.8, 4) is 0 Å². The van der Waals surface area contributed by atoms with Crippen LogP contribution >= 0.6 is 11.6 Å². The molecule has 0 aromatic rings. The zero-order chi connectivity index (χ0) is 8.66. The average Bonchev–Trinajstić information content (AvgIpc) is 2.05. The third-order valence-corrected chi connectivity index (χ3v) is 5.02. The van der Waals surface area contributed by atoms with Crippen LogP contribution in [-0.4, -0.2) is 4.87 Å². The number of hydrogen-bond acceptors (Lipinski definition) is 0. The first kappa shape index (κ1) is 8.87. The summed E-state index contributed by atoms with van der Waals surface area (Å²) in [5.41, 5.74) is 0.477. The molecule has 0 bridgehead atoms. The van der Waals surface area contributed by atoms with E-state index in [0.717, 1.165) is 0 Å². The Morgan fingerprint density at radius 2 is 1.25 bits per heavy atom. The van der Waals surface area contributed by atoms with Gasteiger partial charge in [0.05, 0.1) is 0 Å². The first-order valence-electron chi connectivity index (χ1n) is 5.35. The topological polar surface area (TPSA) is 0 Å². The van der Waals surface area contributed by atoms with Crippen molar-refractivity contribution in [2.24, 2.45) is 5.41 Å². The van der Waals surface area contributed by atoms with Crippen molar-refractivity contribution in [3.05, 3.63) is 0 Å². The van der Waals surface area contributed by atoms with E-state index in [9.17, 15) is 0 Å². The Bertz CT molecular complexity index is 142. The quantitative estimate of drug-likeness (QED) is 0.500. The van der Waals surface area contributed by atoms with Crippen molar-refractivity contribution >= 4 is 11.6 Å². The molecule has 1 heteroatoms. The molecule has 0 aromatic heterocycles. The summed E-state index contributed by atoms with van der Waals surface area (Å²) in [5.74, 6) is 0. The van der Waals surface area contributed by atoms with Crippen LogP contribution in [0.4, 0.5) is 0 Å². The number of hydrogen-bond donors (Lipinski definition) is 0. The van der Waals surface area contributed by atoms with E-state index in [-0.39, 0.29) is 4.87 Å². The van der Waals surface area contributed by atoms with Crippen molar-refractivity contribution in [3.63, 3.8) is 0 Å². The van der Waals surface area contributed by atoms with Crippen molar-refractivity contribution in [2.45, 2.75) is 63.2 Å². The molecule has 0 N–H and O–H groups in total. The molecule has 0 nitrogen and oxygen atoms in total. The van der Waals surface area contributed by atoms with Crippen molar-refractivity contribution < 1.29 is 0 Å². The lowest BCUT2D eigenvalue weighted by Crippen LogP contribution is -2.46. The lowest BCUT2D eigenvalue weighted by atomic mass is 9.60. The monoisotopic (exact) mass is 186 g/mol. The molecule has 0 spiro atoms. The van der Waals surface area contributed by atoms with Crippen LogP contribution < -0.4 is 0 Å². The molecular weight excluding hydrogens is 168 g/mol. The van der Waals surface area contributed by atoms with E-state index in [0.29, 0.717) is 5.41 Å². The van der Waals surface area contributed by atoms with Gasteiger partial charge in [-0.05, 0) is 31.1 Å². The molecule has 12 heavy (non-hydrogen) atoms. The zero-order valence-electron chi connectivity index (χ0n) is 8.03. The molecule has 0 radical (unpaired) electrons. The molecule has 2 saturated carbocycles. The van der Waals surface area contributed by atoms with Crippen molar-refractivity contribution in [2.75, 3.05) is 0 Å². The molecule has 0 atom stereocenters. The maximum absolute atomic E-state index is 6.72. The van der Waals surface area contributed by atoms with Crippen LogP contribution in [0.3, 0.4) is 0 Å². The molecule has 0 amide bonds. The van der Waals surface area contributed by atoms with Gasteiger partial charge in [-0.25, -0.2) is 0 Å². The Morgan fingerprint density at radius 1 is 0.833 bits per heavy atom. The summed E-state index contributed by atoms with van der Waals surface area (Å²) in [6.45, 7) is 2.42. The molecule has 2 aliphatic carbocycles. The van der Waals surface area contributed by atoms with E-state index in [2.05, 4.69) is 6.92 Å². The van der Waals surface area contributed by atoms with E-state index in [1.807, 2.05) is 0 Å². The molecule has 0 saturated heterocycles. The third kappa shape index (κ3) is 1.19. The summed E-state index contributed by atoms with van der Waals surface area (Å²) in [5, 5.41) is 0. The predicted molar refractivity (Wildman–Crippen MR) is 53.6 cm³/mol. The minimum Gasteiger partial charge on any atom is -0.119 e. The molecule has 0 aliphatic heterocycles. The molecule has 0 aromatic carbocycles. The lowest BCUT2D eigenvalue weighted by molar-refractivity contribution is 0.0882. The fraction of sp³-hybridized carbons (Fsp3) is 1.00. The summed E-state index contributed by atoms with van der Waals surface area (Å²) < 4.78 is 0. The van der Waals surface area contributed by atoms with Gasteiger partial charge in [0.2, 0.25) is 0 Å². The highest BCUT2D eigenvalue weighted by atomic mass is 35.5. The van der Waals surface area contributed by atoms with Gasteiger partial charge in [0.25, 0.3) is 0 Å². The molecule has 0 unspecified atom stereocenters. The van der Waals surface area contributed by atoms with Gasteiger partial charge in [-0.3, -0.25) is 0 Å². The van der Waals surface area contributed by atoms with Crippen LogP contribution in [0.5, 0.6) is 0 Å². The van der Waals surface area contributed by atoms with E-state index in [1.54, 1.807) is 0 Å². The van der Waals surface area contributed by atoms with E-state index >= 15 is 0 Å². The lowest BCUT2D eigenvalue weighted by Gasteiger charge is -2.51. The Balaban J connectivity index is 2.20. The second-order valence-electron chi connectivity index (χ2n) is 4.94. The summed E-state index contributed by atoms with van der Waals surface area (Å²) in [4.78, 5) is 0.184. The zero-order valence-corrected chi connectivity index (χ0v) is 8.79. The van der Waals surface area contributed by atoms with E-state index in [4.69, 9.17) is 11.6 Å². The minimum atomic E-state index is 0.184. The van der Waals surface area contributed by atoms with Gasteiger partial charge in [-0.2, -0.15) is 0 Å². The standard InChI is InChI=1S/C11H19Cl/c1-10-6-2-4-8-11(10,12)9-5-3-7-10/h2-9H2,1H3. The van der Waals surface area contributed by atoms with Gasteiger partial charge in [0, 0.05) is 4.87 Å². The number of halogens is 1. The highest BCUT2D eigenvalue weighted by molar-refractivity contribution is 6.24. The Hall–Kier alpha value is 0.290. The normalized spacial score (nSPS) is 48.5. The molecular formula is C11H19Cl. The Morgan fingerprint density at radius 3 is 1.67 bits per heavy atom. The third-order valence-electron chi connectivity index (χ3n) is 4.18. The Kier molecular flexibility index (Phi) is 2.15. The summed E-state index contributed by atoms with van der Waals surface area (Å²) in [6, 6.07) is 0. The van der Waals surface area contributed by atoms with E-state index < -0.39 is 0 Å². The summed E-state index contributed by atoms with van der Waals surface area (Å²) in [7, 11) is 0. The van der Waals surface area contributed by atoms with Crippen LogP contribution in [0.2, 0.25) is 0 Å². The second-order valence-corrected chi connectivity index (χ2v) is 5.66. The molecule has 2 aliphatic rings. The van der Waals surface area contributed by atoms with Gasteiger partial charge < -0.3 is 0 Å². The first-order chi connectivity index (χ1) is 5.66. The van der Waals surface area contributed by atoms with Crippen molar-refractivity contribution in [1.29, 1.82) is 0 Å². The number of fused-ring (bicyclic) bond motifs is 1. The average molecular weight is 187 g/mol. The first-order valence-corrected chi connectivity index (χ1v) is 5.73. The largest absolute Gasteiger partial charge is 0.119 e. The van der Waals surface area contributed by atoms with E-state index in [1.165, 1.54) is 51.4 Å². The van der Waals surface area contributed by atoms with Crippen LogP contribution in [0.15, 0.2) is 0 Å². The van der Waals surface area contributed by atoms with Gasteiger partial charge in [-0.15, -0.1) is 11.6 Å². The van der Waals surface area contributed by atoms with Gasteiger partial charge in [0.15, 0.2) is 0 Å². The minimum absolute atomic E-state index is 0.184. The highest BCUT2D eigenvalue weighted by Gasteiger charge is 2.49.